The Hall–Kier alpha value is -2.62. The van der Waals surface area contributed by atoms with Crippen molar-refractivity contribution in [1.82, 2.24) is 24.9 Å². The third-order valence-electron chi connectivity index (χ3n) is 5.06. The van der Waals surface area contributed by atoms with Gasteiger partial charge in [0.05, 0.1) is 40.7 Å². The highest BCUT2D eigenvalue weighted by atomic mass is 32.1. The number of nitrogens with zero attached hydrogens (tertiary/aromatic N) is 5. The molecule has 150 valence electrons. The lowest BCUT2D eigenvalue weighted by molar-refractivity contribution is 0.0391. The van der Waals surface area contributed by atoms with Crippen LogP contribution in [0.25, 0.3) is 21.4 Å². The third-order valence-corrected chi connectivity index (χ3v) is 6.43. The van der Waals surface area contributed by atoms with Gasteiger partial charge in [-0.1, -0.05) is 0 Å². The Labute approximate surface area is 171 Å². The van der Waals surface area contributed by atoms with E-state index >= 15 is 0 Å². The lowest BCUT2D eigenvalue weighted by Gasteiger charge is -2.33. The highest BCUT2D eigenvalue weighted by Crippen LogP contribution is 2.33. The molecule has 1 aliphatic rings. The first kappa shape index (κ1) is 18.4. The van der Waals surface area contributed by atoms with Crippen LogP contribution in [0.5, 0.6) is 0 Å². The predicted molar refractivity (Wildman–Crippen MR) is 112 cm³/mol. The Kier molecular flexibility index (Phi) is 4.27. The fraction of sp³-hybridized carbons (Fsp3) is 0.400. The molecule has 0 bridgehead atoms. The lowest BCUT2D eigenvalue weighted by Crippen LogP contribution is -2.39. The number of aromatic amines is 1. The van der Waals surface area contributed by atoms with Crippen molar-refractivity contribution in [3.05, 3.63) is 40.8 Å². The number of nitrogens with one attached hydrogen (secondary N) is 1. The average molecular weight is 411 g/mol. The van der Waals surface area contributed by atoms with Gasteiger partial charge in [-0.15, -0.1) is 11.3 Å². The fourth-order valence-electron chi connectivity index (χ4n) is 3.53. The van der Waals surface area contributed by atoms with Crippen LogP contribution in [0.15, 0.2) is 24.5 Å². The van der Waals surface area contributed by atoms with Crippen molar-refractivity contribution < 1.29 is 9.84 Å². The number of rotatable bonds is 3. The molecule has 8 nitrogen and oxygen atoms in total. The number of thiophene rings is 1. The van der Waals surface area contributed by atoms with Gasteiger partial charge in [0.15, 0.2) is 5.65 Å². The highest BCUT2D eigenvalue weighted by molar-refractivity contribution is 7.19. The molecule has 9 heteroatoms. The minimum Gasteiger partial charge on any atom is -0.385 e. The van der Waals surface area contributed by atoms with Crippen LogP contribution in [0.4, 0.5) is 5.95 Å². The molecule has 4 aromatic rings. The van der Waals surface area contributed by atoms with E-state index in [2.05, 4.69) is 30.9 Å². The van der Waals surface area contributed by atoms with Gasteiger partial charge in [-0.3, -0.25) is 0 Å². The monoisotopic (exact) mass is 410 g/mol. The van der Waals surface area contributed by atoms with Crippen molar-refractivity contribution >= 4 is 38.7 Å². The second kappa shape index (κ2) is 6.72. The summed E-state index contributed by atoms with van der Waals surface area (Å²) in [4.78, 5) is 24.4. The summed E-state index contributed by atoms with van der Waals surface area (Å²) in [6.07, 6.45) is 3.55. The number of aryl methyl sites for hydroxylation is 1. The molecule has 0 aliphatic carbocycles. The van der Waals surface area contributed by atoms with Crippen LogP contribution in [-0.4, -0.2) is 49.7 Å². The zero-order valence-corrected chi connectivity index (χ0v) is 17.3. The Morgan fingerprint density at radius 3 is 2.93 bits per heavy atom. The van der Waals surface area contributed by atoms with Gasteiger partial charge in [-0.25, -0.2) is 19.9 Å². The maximum absolute atomic E-state index is 10.3. The summed E-state index contributed by atoms with van der Waals surface area (Å²) >= 11 is 1.52. The molecular weight excluding hydrogens is 388 g/mol. The van der Waals surface area contributed by atoms with E-state index in [0.29, 0.717) is 24.7 Å². The summed E-state index contributed by atoms with van der Waals surface area (Å²) in [5.41, 5.74) is 2.61. The lowest BCUT2D eigenvalue weighted by atomic mass is 10.1. The SMILES string of the molecule is Cc1nc2ncc(C3CN(c4ncc5sc(C(C)(C)O)cc5n4)CCO3)cc2[nH]1. The number of anilines is 1. The van der Waals surface area contributed by atoms with Crippen molar-refractivity contribution in [3.63, 3.8) is 0 Å². The molecule has 5 rings (SSSR count). The van der Waals surface area contributed by atoms with Crippen molar-refractivity contribution in [3.8, 4) is 0 Å². The molecule has 1 fully saturated rings. The van der Waals surface area contributed by atoms with Gasteiger partial charge in [0.25, 0.3) is 0 Å². The van der Waals surface area contributed by atoms with Crippen LogP contribution in [0.3, 0.4) is 0 Å². The average Bonchev–Trinajstić information content (AvgIpc) is 3.29. The molecule has 29 heavy (non-hydrogen) atoms. The zero-order valence-electron chi connectivity index (χ0n) is 16.5. The van der Waals surface area contributed by atoms with Gasteiger partial charge in [0.2, 0.25) is 5.95 Å². The zero-order chi connectivity index (χ0) is 20.2. The van der Waals surface area contributed by atoms with Gasteiger partial charge in [0.1, 0.15) is 11.9 Å². The van der Waals surface area contributed by atoms with Crippen LogP contribution in [0.2, 0.25) is 0 Å². The molecular formula is C20H22N6O2S. The number of H-pyrrole nitrogens is 1. The molecule has 0 amide bonds. The molecule has 0 spiro atoms. The topological polar surface area (TPSA) is 100 Å². The Morgan fingerprint density at radius 2 is 2.10 bits per heavy atom. The summed E-state index contributed by atoms with van der Waals surface area (Å²) in [7, 11) is 0. The number of hydrogen-bond acceptors (Lipinski definition) is 8. The largest absolute Gasteiger partial charge is 0.385 e. The molecule has 4 aromatic heterocycles. The van der Waals surface area contributed by atoms with Gasteiger partial charge in [0, 0.05) is 23.2 Å². The van der Waals surface area contributed by atoms with E-state index in [1.165, 1.54) is 11.3 Å². The predicted octanol–water partition coefficient (Wildman–Crippen LogP) is 3.08. The van der Waals surface area contributed by atoms with E-state index in [4.69, 9.17) is 9.72 Å². The van der Waals surface area contributed by atoms with Crippen molar-refractivity contribution in [2.75, 3.05) is 24.6 Å². The standard InChI is InChI=1S/C20H22N6O2S/c1-11-23-14-6-12(8-21-18(14)24-11)15-10-26(4-5-28-15)19-22-9-16-13(25-19)7-17(29-16)20(2,3)27/h6-9,15,27H,4-5,10H2,1-3H3,(H,21,23,24). The Morgan fingerprint density at radius 1 is 1.24 bits per heavy atom. The molecule has 2 N–H and O–H groups in total. The first-order chi connectivity index (χ1) is 13.9. The number of aliphatic hydroxyl groups is 1. The smallest absolute Gasteiger partial charge is 0.226 e. The van der Waals surface area contributed by atoms with E-state index in [0.717, 1.165) is 38.5 Å². The number of morpholine rings is 1. The molecule has 5 heterocycles. The quantitative estimate of drug-likeness (QED) is 0.535. The summed E-state index contributed by atoms with van der Waals surface area (Å²) in [5, 5.41) is 10.3. The maximum Gasteiger partial charge on any atom is 0.226 e. The summed E-state index contributed by atoms with van der Waals surface area (Å²) < 4.78 is 6.98. The van der Waals surface area contributed by atoms with Gasteiger partial charge in [-0.05, 0) is 32.9 Å². The fourth-order valence-corrected chi connectivity index (χ4v) is 4.50. The number of imidazole rings is 1. The van der Waals surface area contributed by atoms with Gasteiger partial charge in [-0.2, -0.15) is 0 Å². The second-order valence-electron chi connectivity index (χ2n) is 7.86. The normalized spacial score (nSPS) is 18.1. The number of ether oxygens (including phenoxy) is 1. The molecule has 1 unspecified atom stereocenters. The summed E-state index contributed by atoms with van der Waals surface area (Å²) in [6.45, 7) is 7.44. The number of pyridine rings is 1. The number of hydrogen-bond donors (Lipinski definition) is 2. The first-order valence-electron chi connectivity index (χ1n) is 9.55. The highest BCUT2D eigenvalue weighted by Gasteiger charge is 2.26. The number of fused-ring (bicyclic) bond motifs is 2. The third kappa shape index (κ3) is 3.45. The minimum atomic E-state index is -0.883. The van der Waals surface area contributed by atoms with Crippen molar-refractivity contribution in [2.24, 2.45) is 0 Å². The minimum absolute atomic E-state index is 0.113. The molecule has 1 atom stereocenters. The van der Waals surface area contributed by atoms with Crippen LogP contribution < -0.4 is 4.90 Å². The Balaban J connectivity index is 1.42. The molecule has 0 radical (unpaired) electrons. The number of aromatic nitrogens is 5. The molecule has 1 saturated heterocycles. The first-order valence-corrected chi connectivity index (χ1v) is 10.4. The van der Waals surface area contributed by atoms with Crippen LogP contribution in [0, 0.1) is 6.92 Å². The van der Waals surface area contributed by atoms with Gasteiger partial charge < -0.3 is 19.7 Å². The summed E-state index contributed by atoms with van der Waals surface area (Å²) in [6, 6.07) is 4.00. The van der Waals surface area contributed by atoms with Crippen molar-refractivity contribution in [1.29, 1.82) is 0 Å². The van der Waals surface area contributed by atoms with E-state index < -0.39 is 5.60 Å². The summed E-state index contributed by atoms with van der Waals surface area (Å²) in [5.74, 6) is 1.52. The van der Waals surface area contributed by atoms with Crippen molar-refractivity contribution in [2.45, 2.75) is 32.5 Å². The van der Waals surface area contributed by atoms with E-state index in [9.17, 15) is 5.11 Å². The molecule has 0 saturated carbocycles. The second-order valence-corrected chi connectivity index (χ2v) is 8.94. The Bertz CT molecular complexity index is 1190. The van der Waals surface area contributed by atoms with Gasteiger partial charge >= 0.3 is 0 Å². The maximum atomic E-state index is 10.3. The van der Waals surface area contributed by atoms with Crippen LogP contribution in [0.1, 0.15) is 36.2 Å². The van der Waals surface area contributed by atoms with E-state index in [1.807, 2.05) is 25.4 Å². The molecule has 1 aliphatic heterocycles. The van der Waals surface area contributed by atoms with E-state index in [1.54, 1.807) is 13.8 Å². The van der Waals surface area contributed by atoms with Crippen LogP contribution >= 0.6 is 11.3 Å². The molecule has 0 aromatic carbocycles. The van der Waals surface area contributed by atoms with Crippen LogP contribution in [-0.2, 0) is 10.3 Å². The van der Waals surface area contributed by atoms with E-state index in [-0.39, 0.29) is 6.10 Å².